The zero-order chi connectivity index (χ0) is 25.2. The Morgan fingerprint density at radius 1 is 1.36 bits per heavy atom. The predicted molar refractivity (Wildman–Crippen MR) is 112 cm³/mol. The Labute approximate surface area is 187 Å². The van der Waals surface area contributed by atoms with Crippen LogP contribution < -0.4 is 10.1 Å². The van der Waals surface area contributed by atoms with Crippen molar-refractivity contribution in [2.24, 2.45) is 11.4 Å². The van der Waals surface area contributed by atoms with Crippen molar-refractivity contribution in [1.82, 2.24) is 4.57 Å². The number of carbonyl (C=O) groups excluding carboxylic acids is 1. The quantitative estimate of drug-likeness (QED) is 0.317. The first-order valence-corrected chi connectivity index (χ1v) is 10.7. The largest absolute Gasteiger partial charge is 0.490 e. The van der Waals surface area contributed by atoms with E-state index in [4.69, 9.17) is 4.74 Å². The van der Waals surface area contributed by atoms with Gasteiger partial charge in [-0.15, -0.1) is 6.58 Å². The van der Waals surface area contributed by atoms with E-state index in [1.807, 2.05) is 0 Å². The Hall–Kier alpha value is -3.19. The molecule has 0 saturated carbocycles. The number of halogens is 4. The van der Waals surface area contributed by atoms with Crippen LogP contribution in [0.5, 0.6) is 5.75 Å². The van der Waals surface area contributed by atoms with Crippen LogP contribution >= 0.6 is 0 Å². The fourth-order valence-corrected chi connectivity index (χ4v) is 3.52. The fourth-order valence-electron chi connectivity index (χ4n) is 2.70. The molecule has 2 N–H and O–H groups in total. The molecule has 0 aliphatic heterocycles. The van der Waals surface area contributed by atoms with Crippen molar-refractivity contribution in [3.05, 3.63) is 54.1 Å². The van der Waals surface area contributed by atoms with E-state index in [1.165, 1.54) is 20.0 Å². The highest BCUT2D eigenvalue weighted by Gasteiger charge is 2.35. The number of benzene rings is 1. The molecular weight excluding hydrogens is 470 g/mol. The lowest BCUT2D eigenvalue weighted by Crippen LogP contribution is -2.24. The molecule has 0 aliphatic rings. The van der Waals surface area contributed by atoms with Gasteiger partial charge in [0.25, 0.3) is 15.9 Å². The molecule has 1 unspecified atom stereocenters. The van der Waals surface area contributed by atoms with E-state index in [0.717, 1.165) is 16.8 Å². The molecule has 1 aromatic carbocycles. The molecular formula is C20H21F4N3O5S. The molecule has 2 rings (SSSR count). The van der Waals surface area contributed by atoms with Crippen LogP contribution in [0.15, 0.2) is 46.3 Å². The number of hydrogen-bond acceptors (Lipinski definition) is 5. The molecule has 33 heavy (non-hydrogen) atoms. The lowest BCUT2D eigenvalue weighted by atomic mass is 10.0. The number of nitrogens with zero attached hydrogens (tertiary/aromatic N) is 2. The van der Waals surface area contributed by atoms with Gasteiger partial charge in [0.2, 0.25) is 0 Å². The van der Waals surface area contributed by atoms with Crippen LogP contribution in [-0.2, 0) is 23.2 Å². The van der Waals surface area contributed by atoms with Crippen molar-refractivity contribution in [3.8, 4) is 5.75 Å². The third kappa shape index (κ3) is 5.99. The van der Waals surface area contributed by atoms with E-state index in [1.54, 1.807) is 0 Å². The highest BCUT2D eigenvalue weighted by molar-refractivity contribution is 7.90. The third-order valence-corrected chi connectivity index (χ3v) is 5.78. The van der Waals surface area contributed by atoms with E-state index >= 15 is 0 Å². The minimum atomic E-state index is -5.00. The molecule has 0 saturated heterocycles. The SMILES string of the molecule is C=CC(C)(O)CCOc1c(S(=O)(=O)N=C)cn(C)c1C(=O)Nc1ccc(F)c(C(F)(F)F)c1. The Balaban J connectivity index is 2.47. The molecule has 13 heteroatoms. The van der Waals surface area contributed by atoms with Crippen molar-refractivity contribution >= 4 is 28.3 Å². The summed E-state index contributed by atoms with van der Waals surface area (Å²) in [6.45, 7) is 7.61. The number of carbonyl (C=O) groups is 1. The van der Waals surface area contributed by atoms with E-state index in [9.17, 15) is 35.9 Å². The first kappa shape index (κ1) is 26.1. The number of anilines is 1. The standard InChI is InChI=1S/C20H21F4N3O5S/c1-5-19(2,29)8-9-32-17-15(33(30,31)25-3)11-27(4)16(17)18(28)26-12-6-7-14(21)13(10-12)20(22,23)24/h5-7,10-11,29H,1,3,8-9H2,2,4H3,(H,26,28). The maximum Gasteiger partial charge on any atom is 0.419 e. The van der Waals surface area contributed by atoms with Gasteiger partial charge in [0.1, 0.15) is 10.7 Å². The van der Waals surface area contributed by atoms with Gasteiger partial charge >= 0.3 is 6.18 Å². The summed E-state index contributed by atoms with van der Waals surface area (Å²) in [6, 6.07) is 1.85. The van der Waals surface area contributed by atoms with Gasteiger partial charge in [-0.1, -0.05) is 6.08 Å². The number of sulfonamides is 1. The van der Waals surface area contributed by atoms with Gasteiger partial charge in [-0.25, -0.2) is 4.39 Å². The van der Waals surface area contributed by atoms with Crippen molar-refractivity contribution < 1.29 is 40.6 Å². The van der Waals surface area contributed by atoms with Crippen LogP contribution in [0.25, 0.3) is 0 Å². The molecule has 0 fully saturated rings. The molecule has 0 spiro atoms. The van der Waals surface area contributed by atoms with Crippen molar-refractivity contribution in [1.29, 1.82) is 0 Å². The average molecular weight is 491 g/mol. The molecule has 1 amide bonds. The Morgan fingerprint density at radius 2 is 2.00 bits per heavy atom. The summed E-state index contributed by atoms with van der Waals surface area (Å²) in [5.41, 5.74) is -3.70. The number of aliphatic hydroxyl groups is 1. The van der Waals surface area contributed by atoms with Gasteiger partial charge in [-0.2, -0.15) is 26.0 Å². The normalized spacial score (nSPS) is 13.8. The van der Waals surface area contributed by atoms with Gasteiger partial charge in [0.15, 0.2) is 11.4 Å². The molecule has 8 nitrogen and oxygen atoms in total. The summed E-state index contributed by atoms with van der Waals surface area (Å²) < 4.78 is 86.6. The first-order valence-electron chi connectivity index (χ1n) is 9.22. The van der Waals surface area contributed by atoms with Crippen molar-refractivity contribution in [3.63, 3.8) is 0 Å². The molecule has 0 radical (unpaired) electrons. The highest BCUT2D eigenvalue weighted by Crippen LogP contribution is 2.35. The molecule has 180 valence electrons. The lowest BCUT2D eigenvalue weighted by molar-refractivity contribution is -0.139. The molecule has 0 aliphatic carbocycles. The second kappa shape index (κ2) is 9.35. The maximum atomic E-state index is 13.5. The van der Waals surface area contributed by atoms with Gasteiger partial charge in [0, 0.05) is 32.1 Å². The Bertz CT molecular complexity index is 1190. The van der Waals surface area contributed by atoms with E-state index < -0.39 is 49.7 Å². The number of hydrogen-bond donors (Lipinski definition) is 2. The number of nitrogens with one attached hydrogen (secondary N) is 1. The second-order valence-corrected chi connectivity index (χ2v) is 8.84. The minimum Gasteiger partial charge on any atom is -0.490 e. The van der Waals surface area contributed by atoms with Gasteiger partial charge < -0.3 is 19.7 Å². The van der Waals surface area contributed by atoms with Crippen LogP contribution in [0.3, 0.4) is 0 Å². The molecule has 1 heterocycles. The second-order valence-electron chi connectivity index (χ2n) is 7.19. The van der Waals surface area contributed by atoms with Crippen LogP contribution in [0.1, 0.15) is 29.4 Å². The monoisotopic (exact) mass is 491 g/mol. The number of amides is 1. The number of aryl methyl sites for hydroxylation is 1. The first-order chi connectivity index (χ1) is 15.1. The van der Waals surface area contributed by atoms with E-state index in [-0.39, 0.29) is 24.4 Å². The highest BCUT2D eigenvalue weighted by atomic mass is 32.2. The van der Waals surface area contributed by atoms with Crippen LogP contribution in [0.2, 0.25) is 0 Å². The summed E-state index contributed by atoms with van der Waals surface area (Å²) in [5, 5.41) is 12.2. The number of aromatic nitrogens is 1. The van der Waals surface area contributed by atoms with Crippen LogP contribution in [0.4, 0.5) is 23.2 Å². The lowest BCUT2D eigenvalue weighted by Gasteiger charge is -2.19. The number of alkyl halides is 3. The zero-order valence-corrected chi connectivity index (χ0v) is 18.4. The van der Waals surface area contributed by atoms with Gasteiger partial charge in [0.05, 0.1) is 17.8 Å². The summed E-state index contributed by atoms with van der Waals surface area (Å²) in [5.74, 6) is -3.00. The number of ether oxygens (including phenoxy) is 1. The Kier molecular flexibility index (Phi) is 7.39. The average Bonchev–Trinajstić information content (AvgIpc) is 3.05. The Morgan fingerprint density at radius 3 is 2.55 bits per heavy atom. The molecule has 1 atom stereocenters. The van der Waals surface area contributed by atoms with Crippen molar-refractivity contribution in [2.75, 3.05) is 11.9 Å². The molecule has 0 bridgehead atoms. The van der Waals surface area contributed by atoms with Crippen LogP contribution in [-0.4, -0.2) is 42.9 Å². The van der Waals surface area contributed by atoms with E-state index in [2.05, 4.69) is 23.0 Å². The predicted octanol–water partition coefficient (Wildman–Crippen LogP) is 3.53. The number of rotatable bonds is 9. The third-order valence-electron chi connectivity index (χ3n) is 4.59. The summed E-state index contributed by atoms with van der Waals surface area (Å²) in [7, 11) is -3.03. The van der Waals surface area contributed by atoms with E-state index in [0.29, 0.717) is 12.1 Å². The topological polar surface area (TPSA) is 110 Å². The summed E-state index contributed by atoms with van der Waals surface area (Å²) in [4.78, 5) is 12.3. The smallest absolute Gasteiger partial charge is 0.419 e. The van der Waals surface area contributed by atoms with Crippen LogP contribution in [0, 0.1) is 5.82 Å². The summed E-state index contributed by atoms with van der Waals surface area (Å²) >= 11 is 0. The maximum absolute atomic E-state index is 13.5. The molecule has 1 aromatic heterocycles. The van der Waals surface area contributed by atoms with Crippen molar-refractivity contribution in [2.45, 2.75) is 30.0 Å². The molecule has 2 aromatic rings. The van der Waals surface area contributed by atoms with Gasteiger partial charge in [-0.05, 0) is 25.1 Å². The fraction of sp³-hybridized carbons (Fsp3) is 0.300. The zero-order valence-electron chi connectivity index (χ0n) is 17.6. The van der Waals surface area contributed by atoms with Gasteiger partial charge in [-0.3, -0.25) is 4.79 Å². The minimum absolute atomic E-state index is 0.0274. The summed E-state index contributed by atoms with van der Waals surface area (Å²) in [6.07, 6.45) is -2.76.